The fourth-order valence-corrected chi connectivity index (χ4v) is 3.33. The van der Waals surface area contributed by atoms with Crippen molar-refractivity contribution < 1.29 is 24.3 Å². The van der Waals surface area contributed by atoms with Crippen LogP contribution in [0, 0.1) is 6.92 Å². The van der Waals surface area contributed by atoms with E-state index in [-0.39, 0.29) is 16.2 Å². The monoisotopic (exact) mass is 411 g/mol. The smallest absolute Gasteiger partial charge is 0.294 e. The Bertz CT molecular complexity index is 1020. The summed E-state index contributed by atoms with van der Waals surface area (Å²) in [6.45, 7) is 1.39. The van der Waals surface area contributed by atoms with Gasteiger partial charge in [0, 0.05) is 0 Å². The molecular formula is C20H17N3O5S. The first-order chi connectivity index (χ1) is 13.8. The van der Waals surface area contributed by atoms with E-state index in [1.807, 2.05) is 31.2 Å². The topological polar surface area (TPSA) is 116 Å². The molecule has 148 valence electrons. The first kappa shape index (κ1) is 20.2. The predicted molar refractivity (Wildman–Crippen MR) is 108 cm³/mol. The summed E-state index contributed by atoms with van der Waals surface area (Å²) in [6.07, 6.45) is 1.59. The molecule has 2 aromatic carbocycles. The van der Waals surface area contributed by atoms with Crippen LogP contribution >= 0.6 is 11.8 Å². The second-order valence-corrected chi connectivity index (χ2v) is 7.19. The molecule has 1 aliphatic rings. The number of hydrazine groups is 1. The van der Waals surface area contributed by atoms with Crippen molar-refractivity contribution in [2.24, 2.45) is 0 Å². The van der Waals surface area contributed by atoms with Gasteiger partial charge in [-0.15, -0.1) is 0 Å². The highest BCUT2D eigenvalue weighted by molar-refractivity contribution is 8.18. The van der Waals surface area contributed by atoms with Gasteiger partial charge in [-0.3, -0.25) is 34.9 Å². The zero-order chi connectivity index (χ0) is 21.0. The number of nitrogens with zero attached hydrogens (tertiary/aromatic N) is 1. The van der Waals surface area contributed by atoms with E-state index in [0.29, 0.717) is 0 Å². The maximum absolute atomic E-state index is 12.4. The average Bonchev–Trinajstić information content (AvgIpc) is 2.95. The van der Waals surface area contributed by atoms with Gasteiger partial charge in [0.25, 0.3) is 23.0 Å². The van der Waals surface area contributed by atoms with E-state index in [0.717, 1.165) is 27.8 Å². The zero-order valence-corrected chi connectivity index (χ0v) is 16.2. The molecule has 0 spiro atoms. The van der Waals surface area contributed by atoms with Crippen molar-refractivity contribution in [1.82, 2.24) is 15.8 Å². The summed E-state index contributed by atoms with van der Waals surface area (Å²) in [6, 6.07) is 13.2. The molecule has 0 aromatic heterocycles. The van der Waals surface area contributed by atoms with E-state index in [2.05, 4.69) is 10.9 Å². The average molecular weight is 411 g/mol. The van der Waals surface area contributed by atoms with Crippen molar-refractivity contribution in [1.29, 1.82) is 0 Å². The molecule has 2 aromatic rings. The number of aryl methyl sites for hydroxylation is 1. The molecule has 4 amide bonds. The fourth-order valence-electron chi connectivity index (χ4n) is 2.49. The molecule has 0 aliphatic carbocycles. The molecule has 8 nitrogen and oxygen atoms in total. The van der Waals surface area contributed by atoms with E-state index >= 15 is 0 Å². The van der Waals surface area contributed by atoms with Gasteiger partial charge in [0.05, 0.1) is 10.5 Å². The lowest BCUT2D eigenvalue weighted by Gasteiger charge is -2.13. The van der Waals surface area contributed by atoms with Crippen LogP contribution in [0.1, 0.15) is 21.5 Å². The lowest BCUT2D eigenvalue weighted by molar-refractivity contribution is -0.129. The normalized spacial score (nSPS) is 14.9. The molecule has 0 saturated carbocycles. The maximum atomic E-state index is 12.4. The van der Waals surface area contributed by atoms with Crippen molar-refractivity contribution in [2.45, 2.75) is 6.92 Å². The van der Waals surface area contributed by atoms with Gasteiger partial charge in [0.2, 0.25) is 0 Å². The van der Waals surface area contributed by atoms with Gasteiger partial charge < -0.3 is 5.11 Å². The SMILES string of the molecule is Cc1ccc(C=C2SC(=O)N(CC(=O)NNC(=O)c3ccccc3O)C2=O)cc1. The minimum Gasteiger partial charge on any atom is -0.507 e. The molecule has 1 saturated heterocycles. The number of hydrogen-bond acceptors (Lipinski definition) is 6. The third-order valence-corrected chi connectivity index (χ3v) is 4.92. The van der Waals surface area contributed by atoms with Crippen LogP contribution in [-0.2, 0) is 9.59 Å². The zero-order valence-electron chi connectivity index (χ0n) is 15.3. The number of hydrogen-bond donors (Lipinski definition) is 3. The molecular weight excluding hydrogens is 394 g/mol. The van der Waals surface area contributed by atoms with Crippen LogP contribution in [0.5, 0.6) is 5.75 Å². The molecule has 0 radical (unpaired) electrons. The number of phenols is 1. The Morgan fingerprint density at radius 1 is 1.07 bits per heavy atom. The summed E-state index contributed by atoms with van der Waals surface area (Å²) >= 11 is 0.744. The Hall–Kier alpha value is -3.59. The van der Waals surface area contributed by atoms with Crippen LogP contribution in [0.4, 0.5) is 4.79 Å². The van der Waals surface area contributed by atoms with Gasteiger partial charge in [-0.25, -0.2) is 0 Å². The van der Waals surface area contributed by atoms with Gasteiger partial charge in [-0.2, -0.15) is 0 Å². The Morgan fingerprint density at radius 2 is 1.76 bits per heavy atom. The van der Waals surface area contributed by atoms with Gasteiger partial charge in [-0.1, -0.05) is 42.0 Å². The molecule has 1 aliphatic heterocycles. The largest absolute Gasteiger partial charge is 0.507 e. The standard InChI is InChI=1S/C20H17N3O5S/c1-12-6-8-13(9-7-12)10-16-19(27)23(20(28)29-16)11-17(25)21-22-18(26)14-4-2-3-5-15(14)24/h2-10,24H,11H2,1H3,(H,21,25)(H,22,26). The highest BCUT2D eigenvalue weighted by Crippen LogP contribution is 2.31. The second kappa shape index (κ2) is 8.61. The Labute approximate surface area is 170 Å². The van der Waals surface area contributed by atoms with Crippen LogP contribution in [-0.4, -0.2) is 39.5 Å². The van der Waals surface area contributed by atoms with Gasteiger partial charge >= 0.3 is 0 Å². The van der Waals surface area contributed by atoms with Crippen molar-refractivity contribution in [3.63, 3.8) is 0 Å². The van der Waals surface area contributed by atoms with E-state index in [4.69, 9.17) is 0 Å². The highest BCUT2D eigenvalue weighted by atomic mass is 32.2. The summed E-state index contributed by atoms with van der Waals surface area (Å²) in [5, 5.41) is 9.06. The number of amides is 4. The van der Waals surface area contributed by atoms with Crippen LogP contribution in [0.25, 0.3) is 6.08 Å². The number of carbonyl (C=O) groups is 4. The van der Waals surface area contributed by atoms with E-state index < -0.39 is 29.5 Å². The number of imide groups is 1. The number of aromatic hydroxyl groups is 1. The van der Waals surface area contributed by atoms with Gasteiger partial charge in [0.1, 0.15) is 12.3 Å². The van der Waals surface area contributed by atoms with Crippen molar-refractivity contribution in [2.75, 3.05) is 6.54 Å². The number of carbonyl (C=O) groups excluding carboxylic acids is 4. The quantitative estimate of drug-likeness (QED) is 0.525. The number of rotatable bonds is 4. The number of thioether (sulfide) groups is 1. The third kappa shape index (κ3) is 4.82. The molecule has 0 unspecified atom stereocenters. The third-order valence-electron chi connectivity index (χ3n) is 4.01. The number of phenolic OH excluding ortho intramolecular Hbond substituents is 1. The summed E-state index contributed by atoms with van der Waals surface area (Å²) < 4.78 is 0. The lowest BCUT2D eigenvalue weighted by atomic mass is 10.1. The fraction of sp³-hybridized carbons (Fsp3) is 0.100. The van der Waals surface area contributed by atoms with Crippen molar-refractivity contribution in [3.8, 4) is 5.75 Å². The van der Waals surface area contributed by atoms with Gasteiger partial charge in [0.15, 0.2) is 0 Å². The second-order valence-electron chi connectivity index (χ2n) is 6.20. The van der Waals surface area contributed by atoms with E-state index in [1.165, 1.54) is 12.1 Å². The maximum Gasteiger partial charge on any atom is 0.294 e. The summed E-state index contributed by atoms with van der Waals surface area (Å²) in [5.74, 6) is -2.31. The number of para-hydroxylation sites is 1. The highest BCUT2D eigenvalue weighted by Gasteiger charge is 2.36. The minimum atomic E-state index is -0.757. The summed E-state index contributed by atoms with van der Waals surface area (Å²) in [7, 11) is 0. The number of nitrogens with one attached hydrogen (secondary N) is 2. The molecule has 1 fully saturated rings. The Kier molecular flexibility index (Phi) is 5.99. The Balaban J connectivity index is 1.59. The van der Waals surface area contributed by atoms with Gasteiger partial charge in [-0.05, 0) is 42.5 Å². The summed E-state index contributed by atoms with van der Waals surface area (Å²) in [4.78, 5) is 49.6. The molecule has 9 heteroatoms. The minimum absolute atomic E-state index is 0.0278. The molecule has 29 heavy (non-hydrogen) atoms. The summed E-state index contributed by atoms with van der Waals surface area (Å²) in [5.41, 5.74) is 6.06. The van der Waals surface area contributed by atoms with Crippen LogP contribution in [0.2, 0.25) is 0 Å². The first-order valence-electron chi connectivity index (χ1n) is 8.54. The Morgan fingerprint density at radius 3 is 2.45 bits per heavy atom. The van der Waals surface area contributed by atoms with Crippen molar-refractivity contribution >= 4 is 40.8 Å². The molecule has 3 N–H and O–H groups in total. The van der Waals surface area contributed by atoms with E-state index in [1.54, 1.807) is 18.2 Å². The number of benzene rings is 2. The molecule has 0 bridgehead atoms. The van der Waals surface area contributed by atoms with E-state index in [9.17, 15) is 24.3 Å². The first-order valence-corrected chi connectivity index (χ1v) is 9.36. The molecule has 0 atom stereocenters. The van der Waals surface area contributed by atoms with Crippen LogP contribution in [0.15, 0.2) is 53.4 Å². The van der Waals surface area contributed by atoms with Crippen molar-refractivity contribution in [3.05, 3.63) is 70.1 Å². The van der Waals surface area contributed by atoms with Crippen LogP contribution in [0.3, 0.4) is 0 Å². The van der Waals surface area contributed by atoms with Crippen LogP contribution < -0.4 is 10.9 Å². The lowest BCUT2D eigenvalue weighted by Crippen LogP contribution is -2.47. The molecule has 3 rings (SSSR count). The predicted octanol–water partition coefficient (Wildman–Crippen LogP) is 2.20. The molecule has 1 heterocycles.